The molecule has 0 unspecified atom stereocenters. The van der Waals surface area contributed by atoms with E-state index in [0.717, 1.165) is 31.4 Å². The number of pyridine rings is 1. The number of unbranched alkanes of at least 4 members (excludes halogenated alkanes) is 2. The minimum Gasteiger partial charge on any atom is -0.448 e. The summed E-state index contributed by atoms with van der Waals surface area (Å²) in [5, 5.41) is 0. The topological polar surface area (TPSA) is 56.0 Å². The Balaban J connectivity index is 1.37. The van der Waals surface area contributed by atoms with Crippen LogP contribution in [0, 0.1) is 0 Å². The van der Waals surface area contributed by atoms with Crippen molar-refractivity contribution in [1.29, 1.82) is 0 Å². The van der Waals surface area contributed by atoms with E-state index in [1.165, 1.54) is 5.56 Å². The number of ketones is 1. The highest BCUT2D eigenvalue weighted by Crippen LogP contribution is 2.16. The molecule has 0 aliphatic heterocycles. The van der Waals surface area contributed by atoms with Gasteiger partial charge in [0.25, 0.3) is 0 Å². The molecule has 25 heavy (non-hydrogen) atoms. The number of oxazole rings is 1. The molecule has 4 heteroatoms. The van der Waals surface area contributed by atoms with Gasteiger partial charge in [-0.05, 0) is 37.0 Å². The van der Waals surface area contributed by atoms with E-state index in [-0.39, 0.29) is 12.2 Å². The van der Waals surface area contributed by atoms with E-state index in [0.29, 0.717) is 18.0 Å². The smallest absolute Gasteiger partial charge is 0.202 e. The van der Waals surface area contributed by atoms with E-state index in [1.807, 2.05) is 24.3 Å². The number of nitrogens with zero attached hydrogens (tertiary/aromatic N) is 2. The molecule has 1 aromatic carbocycles. The van der Waals surface area contributed by atoms with Crippen molar-refractivity contribution in [2.75, 3.05) is 0 Å². The van der Waals surface area contributed by atoms with Gasteiger partial charge in [-0.2, -0.15) is 0 Å². The molecule has 0 fully saturated rings. The van der Waals surface area contributed by atoms with Crippen LogP contribution >= 0.6 is 0 Å². The Labute approximate surface area is 147 Å². The summed E-state index contributed by atoms with van der Waals surface area (Å²) in [6, 6.07) is 16.1. The molecule has 0 amide bonds. The van der Waals surface area contributed by atoms with Gasteiger partial charge in [-0.1, -0.05) is 42.8 Å². The van der Waals surface area contributed by atoms with E-state index in [4.69, 9.17) is 4.42 Å². The standard InChI is InChI=1S/C21H22N2O2/c24-18(12-6-2-5-11-17-9-3-1-4-10-17)15-21-23-20(16-25-21)19-13-7-8-14-22-19/h1,3-4,7-10,13-14,16H,2,5-6,11-12,15H2. The summed E-state index contributed by atoms with van der Waals surface area (Å²) in [5.41, 5.74) is 2.78. The van der Waals surface area contributed by atoms with Crippen LogP contribution in [0.5, 0.6) is 0 Å². The lowest BCUT2D eigenvalue weighted by Gasteiger charge is -2.01. The Bertz CT molecular complexity index is 782. The number of hydrogen-bond donors (Lipinski definition) is 0. The zero-order valence-corrected chi connectivity index (χ0v) is 14.2. The van der Waals surface area contributed by atoms with Crippen LogP contribution in [-0.4, -0.2) is 15.8 Å². The van der Waals surface area contributed by atoms with Crippen LogP contribution in [0.4, 0.5) is 0 Å². The number of carbonyl (C=O) groups is 1. The van der Waals surface area contributed by atoms with E-state index < -0.39 is 0 Å². The summed E-state index contributed by atoms with van der Waals surface area (Å²) >= 11 is 0. The molecule has 4 nitrogen and oxygen atoms in total. The highest BCUT2D eigenvalue weighted by Gasteiger charge is 2.11. The summed E-state index contributed by atoms with van der Waals surface area (Å²) in [6.07, 6.45) is 8.27. The van der Waals surface area contributed by atoms with Gasteiger partial charge in [0, 0.05) is 12.6 Å². The second-order valence-corrected chi connectivity index (χ2v) is 6.10. The van der Waals surface area contributed by atoms with E-state index in [9.17, 15) is 4.79 Å². The first-order valence-electron chi connectivity index (χ1n) is 8.73. The van der Waals surface area contributed by atoms with Crippen molar-refractivity contribution in [3.63, 3.8) is 0 Å². The third kappa shape index (κ3) is 5.38. The molecule has 3 rings (SSSR count). The number of rotatable bonds is 9. The second kappa shape index (κ2) is 8.92. The Morgan fingerprint density at radius 1 is 0.920 bits per heavy atom. The van der Waals surface area contributed by atoms with Gasteiger partial charge in [0.15, 0.2) is 0 Å². The first kappa shape index (κ1) is 17.1. The van der Waals surface area contributed by atoms with Crippen LogP contribution in [0.2, 0.25) is 0 Å². The quantitative estimate of drug-likeness (QED) is 0.534. The molecule has 0 saturated heterocycles. The molecule has 0 aliphatic carbocycles. The predicted molar refractivity (Wildman–Crippen MR) is 97.1 cm³/mol. The van der Waals surface area contributed by atoms with Crippen molar-refractivity contribution >= 4 is 5.78 Å². The first-order chi connectivity index (χ1) is 12.3. The third-order valence-electron chi connectivity index (χ3n) is 4.09. The summed E-state index contributed by atoms with van der Waals surface area (Å²) in [5.74, 6) is 0.643. The molecule has 0 saturated carbocycles. The monoisotopic (exact) mass is 334 g/mol. The molecule has 3 aromatic rings. The first-order valence-corrected chi connectivity index (χ1v) is 8.73. The lowest BCUT2D eigenvalue weighted by atomic mass is 10.0. The molecular weight excluding hydrogens is 312 g/mol. The molecule has 0 bridgehead atoms. The summed E-state index contributed by atoms with van der Waals surface area (Å²) in [6.45, 7) is 0. The third-order valence-corrected chi connectivity index (χ3v) is 4.09. The minimum absolute atomic E-state index is 0.175. The van der Waals surface area contributed by atoms with Crippen molar-refractivity contribution in [2.24, 2.45) is 0 Å². The Morgan fingerprint density at radius 3 is 2.56 bits per heavy atom. The normalized spacial score (nSPS) is 10.7. The Morgan fingerprint density at radius 2 is 1.76 bits per heavy atom. The Kier molecular flexibility index (Phi) is 6.10. The van der Waals surface area contributed by atoms with Gasteiger partial charge in [-0.15, -0.1) is 0 Å². The number of carbonyl (C=O) groups excluding carboxylic acids is 1. The van der Waals surface area contributed by atoms with Gasteiger partial charge in [-0.3, -0.25) is 9.78 Å². The van der Waals surface area contributed by atoms with Crippen molar-refractivity contribution in [2.45, 2.75) is 38.5 Å². The molecular formula is C21H22N2O2. The average molecular weight is 334 g/mol. The number of aryl methyl sites for hydroxylation is 1. The lowest BCUT2D eigenvalue weighted by molar-refractivity contribution is -0.118. The van der Waals surface area contributed by atoms with Crippen LogP contribution in [0.1, 0.15) is 37.1 Å². The van der Waals surface area contributed by atoms with E-state index in [2.05, 4.69) is 34.2 Å². The maximum Gasteiger partial charge on any atom is 0.202 e. The maximum absolute atomic E-state index is 12.1. The largest absolute Gasteiger partial charge is 0.448 e. The Hall–Kier alpha value is -2.75. The van der Waals surface area contributed by atoms with Crippen molar-refractivity contribution in [1.82, 2.24) is 9.97 Å². The summed E-state index contributed by atoms with van der Waals surface area (Å²) in [7, 11) is 0. The molecule has 2 aromatic heterocycles. The highest BCUT2D eigenvalue weighted by atomic mass is 16.3. The fourth-order valence-corrected chi connectivity index (χ4v) is 2.75. The van der Waals surface area contributed by atoms with Gasteiger partial charge in [0.1, 0.15) is 17.7 Å². The zero-order valence-electron chi connectivity index (χ0n) is 14.2. The van der Waals surface area contributed by atoms with Crippen LogP contribution < -0.4 is 0 Å². The molecule has 0 N–H and O–H groups in total. The lowest BCUT2D eigenvalue weighted by Crippen LogP contribution is -2.03. The van der Waals surface area contributed by atoms with Crippen LogP contribution in [0.15, 0.2) is 65.4 Å². The fraction of sp³-hybridized carbons (Fsp3) is 0.286. The van der Waals surface area contributed by atoms with Gasteiger partial charge in [-0.25, -0.2) is 4.98 Å². The average Bonchev–Trinajstić information content (AvgIpc) is 3.11. The molecule has 128 valence electrons. The highest BCUT2D eigenvalue weighted by molar-refractivity contribution is 5.80. The molecule has 0 radical (unpaired) electrons. The SMILES string of the molecule is O=C(CCCCCc1ccccc1)Cc1nc(-c2ccccn2)co1. The number of Topliss-reactive ketones (excluding diaryl/α,β-unsaturated/α-hetero) is 1. The van der Waals surface area contributed by atoms with Gasteiger partial charge >= 0.3 is 0 Å². The van der Waals surface area contributed by atoms with E-state index in [1.54, 1.807) is 12.5 Å². The van der Waals surface area contributed by atoms with E-state index >= 15 is 0 Å². The number of hydrogen-bond acceptors (Lipinski definition) is 4. The minimum atomic E-state index is 0.175. The molecule has 0 aliphatic rings. The summed E-state index contributed by atoms with van der Waals surface area (Å²) < 4.78 is 5.40. The molecule has 0 atom stereocenters. The maximum atomic E-state index is 12.1. The van der Waals surface area contributed by atoms with Gasteiger partial charge in [0.05, 0.1) is 12.1 Å². The molecule has 0 spiro atoms. The van der Waals surface area contributed by atoms with Crippen molar-refractivity contribution in [3.8, 4) is 11.4 Å². The summed E-state index contributed by atoms with van der Waals surface area (Å²) in [4.78, 5) is 20.7. The van der Waals surface area contributed by atoms with Gasteiger partial charge in [0.2, 0.25) is 5.89 Å². The van der Waals surface area contributed by atoms with Crippen LogP contribution in [0.3, 0.4) is 0 Å². The van der Waals surface area contributed by atoms with Gasteiger partial charge < -0.3 is 4.42 Å². The second-order valence-electron chi connectivity index (χ2n) is 6.10. The van der Waals surface area contributed by atoms with Crippen LogP contribution in [0.25, 0.3) is 11.4 Å². The van der Waals surface area contributed by atoms with Crippen LogP contribution in [-0.2, 0) is 17.6 Å². The number of benzene rings is 1. The fourth-order valence-electron chi connectivity index (χ4n) is 2.75. The number of aromatic nitrogens is 2. The predicted octanol–water partition coefficient (Wildman–Crippen LogP) is 4.65. The molecule has 2 heterocycles. The van der Waals surface area contributed by atoms with Crippen molar-refractivity contribution < 1.29 is 9.21 Å². The zero-order chi connectivity index (χ0) is 17.3. The van der Waals surface area contributed by atoms with Crippen molar-refractivity contribution in [3.05, 3.63) is 72.4 Å².